The summed E-state index contributed by atoms with van der Waals surface area (Å²) in [6.45, 7) is 0. The molecule has 0 heterocycles. The van der Waals surface area contributed by atoms with Crippen molar-refractivity contribution in [3.05, 3.63) is 0 Å². The molecule has 0 aliphatic rings. The smallest absolute Gasteiger partial charge is 0.759 e. The van der Waals surface area contributed by atoms with Crippen LogP contribution in [0, 0.1) is 0 Å². The summed E-state index contributed by atoms with van der Waals surface area (Å²) in [6, 6.07) is 0. The normalized spacial score (nSPS) is 8.29. The summed E-state index contributed by atoms with van der Waals surface area (Å²) < 4.78 is 34.1. The Hall–Kier alpha value is 1.58. The first-order valence-corrected chi connectivity index (χ1v) is 2.00. The van der Waals surface area contributed by atoms with Crippen molar-refractivity contribution in [1.82, 2.24) is 0 Å². The van der Waals surface area contributed by atoms with Gasteiger partial charge in [-0.15, -0.1) is 0 Å². The molecule has 0 aliphatic heterocycles. The Bertz CT molecular complexity index is 94.9. The monoisotopic (exact) mass is 167 g/mol. The molecule has 0 N–H and O–H groups in total. The Balaban J connectivity index is -0.0000000800. The van der Waals surface area contributed by atoms with Crippen molar-refractivity contribution in [2.24, 2.45) is 0 Å². The van der Waals surface area contributed by atoms with Crippen LogP contribution in [0.2, 0.25) is 0 Å². The van der Waals surface area contributed by atoms with E-state index in [-0.39, 0.29) is 51.3 Å². The van der Waals surface area contributed by atoms with Gasteiger partial charge in [-0.1, -0.05) is 0 Å². The minimum absolute atomic E-state index is 0. The van der Waals surface area contributed by atoms with Crippen LogP contribution in [0.25, 0.3) is 0 Å². The third kappa shape index (κ3) is 94.2. The van der Waals surface area contributed by atoms with Crippen molar-refractivity contribution in [1.29, 1.82) is 0 Å². The molecule has 0 spiro atoms. The zero-order chi connectivity index (χ0) is 4.50. The number of hydrogen-bond acceptors (Lipinski definition) is 4. The summed E-state index contributed by atoms with van der Waals surface area (Å²) in [7, 11) is -5.17. The predicted octanol–water partition coefficient (Wildman–Crippen LogP) is -4.34. The maximum absolute atomic E-state index is 8.52. The van der Waals surface area contributed by atoms with Crippen LogP contribution in [0.4, 0.5) is 0 Å². The van der Waals surface area contributed by atoms with Gasteiger partial charge in [-0.05, 0) is 0 Å². The molecule has 0 unspecified atom stereocenters. The van der Waals surface area contributed by atoms with E-state index in [0.29, 0.717) is 0 Å². The summed E-state index contributed by atoms with van der Waals surface area (Å²) in [5.74, 6) is 0. The van der Waals surface area contributed by atoms with Crippen molar-refractivity contribution >= 4 is 10.4 Å². The first-order chi connectivity index (χ1) is 2.00. The van der Waals surface area contributed by atoms with Crippen LogP contribution in [0.5, 0.6) is 0 Å². The second kappa shape index (κ2) is 5.72. The van der Waals surface area contributed by atoms with Gasteiger partial charge in [-0.2, -0.15) is 0 Å². The fourth-order valence-corrected chi connectivity index (χ4v) is 0. The van der Waals surface area contributed by atoms with Crippen molar-refractivity contribution < 1.29 is 68.8 Å². The average molecular weight is 167 g/mol. The maximum Gasteiger partial charge on any atom is 4.00 e. The Morgan fingerprint density at radius 3 is 1.14 bits per heavy atom. The third-order valence-corrected chi connectivity index (χ3v) is 0. The average Bonchev–Trinajstić information content (AvgIpc) is 0.722. The molecule has 7 heavy (non-hydrogen) atoms. The maximum atomic E-state index is 8.52. The summed E-state index contributed by atoms with van der Waals surface area (Å²) >= 11 is 0. The van der Waals surface area contributed by atoms with Crippen molar-refractivity contribution in [2.75, 3.05) is 0 Å². The Labute approximate surface area is 78.4 Å². The van der Waals surface area contributed by atoms with E-state index < -0.39 is 10.4 Å². The van der Waals surface area contributed by atoms with E-state index in [1.54, 1.807) is 0 Å². The molecule has 32 valence electrons. The molecule has 0 aromatic heterocycles. The molecule has 0 atom stereocenters. The van der Waals surface area contributed by atoms with E-state index in [4.69, 9.17) is 17.5 Å². The first kappa shape index (κ1) is 15.8. The summed E-state index contributed by atoms with van der Waals surface area (Å²) in [5.41, 5.74) is 0. The zero-order valence-electron chi connectivity index (χ0n) is 3.54. The molecule has 0 radical (unpaired) electrons. The van der Waals surface area contributed by atoms with E-state index in [2.05, 4.69) is 0 Å². The molecular weight excluding hydrogens is 167 g/mol. The van der Waals surface area contributed by atoms with E-state index in [9.17, 15) is 0 Å². The summed E-state index contributed by atoms with van der Waals surface area (Å²) in [4.78, 5) is 0. The van der Waals surface area contributed by atoms with Crippen LogP contribution in [0.15, 0.2) is 0 Å². The van der Waals surface area contributed by atoms with Gasteiger partial charge in [-0.25, -0.2) is 0 Å². The molecule has 0 aliphatic carbocycles. The molecule has 0 fully saturated rings. The molecule has 0 rings (SSSR count). The van der Waals surface area contributed by atoms with E-state index in [1.807, 2.05) is 0 Å². The molecule has 0 saturated heterocycles. The molecule has 7 heteroatoms. The van der Waals surface area contributed by atoms with Gasteiger partial charge in [0.05, 0.1) is 0 Å². The van der Waals surface area contributed by atoms with E-state index >= 15 is 0 Å². The van der Waals surface area contributed by atoms with Crippen molar-refractivity contribution in [2.45, 2.75) is 0 Å². The Morgan fingerprint density at radius 1 is 1.14 bits per heavy atom. The van der Waals surface area contributed by atoms with Crippen LogP contribution in [0.3, 0.4) is 0 Å². The van der Waals surface area contributed by atoms with Gasteiger partial charge in [0, 0.05) is 10.4 Å². The minimum atomic E-state index is -5.17. The molecule has 0 bridgehead atoms. The van der Waals surface area contributed by atoms with Gasteiger partial charge in [0.1, 0.15) is 0 Å². The van der Waals surface area contributed by atoms with Gasteiger partial charge in [-0.3, -0.25) is 8.42 Å². The van der Waals surface area contributed by atoms with Crippen LogP contribution in [-0.4, -0.2) is 17.5 Å². The second-order valence-corrected chi connectivity index (χ2v) is 1.22. The van der Waals surface area contributed by atoms with Gasteiger partial charge in [0.25, 0.3) is 0 Å². The largest absolute Gasteiger partial charge is 4.00 e. The van der Waals surface area contributed by atoms with E-state index in [0.717, 1.165) is 0 Å². The van der Waals surface area contributed by atoms with Crippen LogP contribution < -0.4 is 29.6 Å². The molecule has 0 aromatic rings. The van der Waals surface area contributed by atoms with E-state index in [1.165, 1.54) is 0 Å². The number of hydrogen-bond donors (Lipinski definition) is 0. The van der Waals surface area contributed by atoms with Gasteiger partial charge < -0.3 is 9.11 Å². The molecule has 0 aromatic carbocycles. The van der Waals surface area contributed by atoms with Crippen LogP contribution >= 0.6 is 0 Å². The van der Waals surface area contributed by atoms with Gasteiger partial charge >= 0.3 is 51.3 Å². The van der Waals surface area contributed by atoms with Gasteiger partial charge in [0.2, 0.25) is 0 Å². The van der Waals surface area contributed by atoms with Crippen molar-refractivity contribution in [3.8, 4) is 0 Å². The Kier molecular flexibility index (Phi) is 12.9. The van der Waals surface area contributed by atoms with Crippen molar-refractivity contribution in [3.63, 3.8) is 0 Å². The second-order valence-electron chi connectivity index (χ2n) is 0.408. The predicted molar refractivity (Wildman–Crippen MR) is 10.5 cm³/mol. The van der Waals surface area contributed by atoms with Crippen LogP contribution in [-0.2, 0) is 32.1 Å². The minimum Gasteiger partial charge on any atom is -0.759 e. The molecule has 0 amide bonds. The quantitative estimate of drug-likeness (QED) is 0.207. The summed E-state index contributed by atoms with van der Waals surface area (Å²) in [6.07, 6.45) is 0. The topological polar surface area (TPSA) is 80.3 Å². The SMILES string of the molecule is O=S(=O)([O-])[O-].[Na+].[Ti+4]. The van der Waals surface area contributed by atoms with Crippen LogP contribution in [0.1, 0.15) is 0 Å². The Morgan fingerprint density at radius 2 is 1.14 bits per heavy atom. The fraction of sp³-hybridized carbons (Fsp3) is 0. The van der Waals surface area contributed by atoms with Gasteiger partial charge in [0.15, 0.2) is 0 Å². The third-order valence-electron chi connectivity index (χ3n) is 0. The number of rotatable bonds is 0. The zero-order valence-corrected chi connectivity index (χ0v) is 7.92. The fourth-order valence-electron chi connectivity index (χ4n) is 0. The summed E-state index contributed by atoms with van der Waals surface area (Å²) in [5, 5.41) is 0. The first-order valence-electron chi connectivity index (χ1n) is 0.667. The molecular formula is NaO4STi+3. The standard InChI is InChI=1S/Na.H2O4S.Ti/c;1-5(2,3)4;/h;(H2,1,2,3,4);/q+1;;+4/p-2. The molecule has 0 saturated carbocycles. The molecule has 4 nitrogen and oxygen atoms in total.